The van der Waals surface area contributed by atoms with Crippen molar-refractivity contribution < 1.29 is 19.2 Å². The summed E-state index contributed by atoms with van der Waals surface area (Å²) in [4.78, 5) is 15.9. The summed E-state index contributed by atoms with van der Waals surface area (Å²) in [5, 5.41) is 7.65. The van der Waals surface area contributed by atoms with Crippen molar-refractivity contribution in [3.05, 3.63) is 39.8 Å². The largest absolute Gasteiger partial charge is 0.490 e. The molecule has 3 N–H and O–H groups in total. The van der Waals surface area contributed by atoms with Crippen LogP contribution in [0.1, 0.15) is 53.3 Å². The number of fused-ring (bicyclic) bond motifs is 3. The second-order valence-corrected chi connectivity index (χ2v) is 8.22. The Morgan fingerprint density at radius 2 is 1.93 bits per heavy atom. The van der Waals surface area contributed by atoms with Gasteiger partial charge in [0.1, 0.15) is 17.7 Å². The number of rotatable bonds is 6. The number of quaternary nitrogens is 1. The third-order valence-corrected chi connectivity index (χ3v) is 6.57. The number of hydrogen-bond acceptors (Lipinski definition) is 5. The fraction of sp³-hybridized carbons (Fsp3) is 0.476. The first-order chi connectivity index (χ1) is 13.6. The van der Waals surface area contributed by atoms with Crippen molar-refractivity contribution in [3.63, 3.8) is 0 Å². The van der Waals surface area contributed by atoms with Gasteiger partial charge in [0.15, 0.2) is 11.5 Å². The third-order valence-electron chi connectivity index (χ3n) is 5.41. The normalized spacial score (nSPS) is 20.6. The number of anilines is 1. The Hall–Kier alpha value is -2.25. The molecule has 2 aromatic rings. The fourth-order valence-electron chi connectivity index (χ4n) is 3.96. The summed E-state index contributed by atoms with van der Waals surface area (Å²) < 4.78 is 11.4. The van der Waals surface area contributed by atoms with Crippen molar-refractivity contribution in [3.8, 4) is 11.5 Å². The molecule has 0 spiro atoms. The van der Waals surface area contributed by atoms with Gasteiger partial charge in [-0.05, 0) is 44.0 Å². The molecule has 2 aliphatic rings. The lowest BCUT2D eigenvalue weighted by Crippen LogP contribution is -3.11. The van der Waals surface area contributed by atoms with Crippen molar-refractivity contribution in [2.45, 2.75) is 39.9 Å². The van der Waals surface area contributed by atoms with E-state index in [1.807, 2.05) is 32.0 Å². The molecule has 4 rings (SSSR count). The molecule has 7 heteroatoms. The first-order valence-corrected chi connectivity index (χ1v) is 10.9. The van der Waals surface area contributed by atoms with Crippen molar-refractivity contribution in [1.82, 2.24) is 5.32 Å². The minimum atomic E-state index is -0.274. The Morgan fingerprint density at radius 3 is 2.68 bits per heavy atom. The van der Waals surface area contributed by atoms with Gasteiger partial charge in [0, 0.05) is 6.42 Å². The molecule has 0 fully saturated rings. The Kier molecular flexibility index (Phi) is 5.46. The molecular weight excluding hydrogens is 374 g/mol. The summed E-state index contributed by atoms with van der Waals surface area (Å²) in [5.41, 5.74) is 3.04. The van der Waals surface area contributed by atoms with Gasteiger partial charge in [-0.2, -0.15) is 0 Å². The molecule has 3 heterocycles. The standard InChI is InChI=1S/C21H27N3O3S/c1-4-24-10-9-14-17(12-24)28-21-18(14)20(25)22-19(23-21)13-7-8-15(26-5-2)16(11-13)27-6-3/h7-8,11,19,23H,4-6,9-10,12H2,1-3H3,(H,22,25)/p+1/t19-/m1/s1. The Labute approximate surface area is 169 Å². The van der Waals surface area contributed by atoms with Crippen LogP contribution in [0.15, 0.2) is 18.2 Å². The van der Waals surface area contributed by atoms with Crippen molar-refractivity contribution in [1.29, 1.82) is 0 Å². The van der Waals surface area contributed by atoms with E-state index in [1.165, 1.54) is 10.4 Å². The molecule has 150 valence electrons. The SMILES string of the molecule is CCOc1ccc([C@@H]2NC(=O)c3c(sc4c3CC[NH+](CC)C4)N2)cc1OCC. The zero-order valence-electron chi connectivity index (χ0n) is 16.7. The van der Waals surface area contributed by atoms with Gasteiger partial charge in [-0.1, -0.05) is 6.07 Å². The van der Waals surface area contributed by atoms with Crippen LogP contribution < -0.4 is 25.0 Å². The van der Waals surface area contributed by atoms with Gasteiger partial charge < -0.3 is 25.0 Å². The van der Waals surface area contributed by atoms with Crippen LogP contribution in [0.25, 0.3) is 0 Å². The molecule has 6 nitrogen and oxygen atoms in total. The molecule has 0 saturated carbocycles. The maximum atomic E-state index is 12.9. The summed E-state index contributed by atoms with van der Waals surface area (Å²) >= 11 is 1.74. The Morgan fingerprint density at radius 1 is 1.14 bits per heavy atom. The number of amides is 1. The molecule has 1 aromatic carbocycles. The number of nitrogens with one attached hydrogen (secondary N) is 3. The summed E-state index contributed by atoms with van der Waals surface area (Å²) in [7, 11) is 0. The topological polar surface area (TPSA) is 64.0 Å². The highest BCUT2D eigenvalue weighted by molar-refractivity contribution is 7.16. The molecule has 2 aliphatic heterocycles. The molecule has 28 heavy (non-hydrogen) atoms. The van der Waals surface area contributed by atoms with Crippen molar-refractivity contribution in [2.24, 2.45) is 0 Å². The number of carbonyl (C=O) groups excluding carboxylic acids is 1. The maximum Gasteiger partial charge on any atom is 0.256 e. The van der Waals surface area contributed by atoms with Crippen LogP contribution in [-0.2, 0) is 13.0 Å². The van der Waals surface area contributed by atoms with Gasteiger partial charge in [-0.3, -0.25) is 4.79 Å². The van der Waals surface area contributed by atoms with E-state index in [9.17, 15) is 4.79 Å². The van der Waals surface area contributed by atoms with E-state index < -0.39 is 0 Å². The molecule has 1 amide bonds. The average Bonchev–Trinajstić information content (AvgIpc) is 3.07. The molecular formula is C21H28N3O3S+. The maximum absolute atomic E-state index is 12.9. The molecule has 0 radical (unpaired) electrons. The highest BCUT2D eigenvalue weighted by Crippen LogP contribution is 2.40. The number of ether oxygens (including phenoxy) is 2. The summed E-state index contributed by atoms with van der Waals surface area (Å²) in [5.74, 6) is 1.45. The molecule has 0 aliphatic carbocycles. The quantitative estimate of drug-likeness (QED) is 0.694. The highest BCUT2D eigenvalue weighted by Gasteiger charge is 2.34. The molecule has 2 atom stereocenters. The first-order valence-electron chi connectivity index (χ1n) is 10.1. The van der Waals surface area contributed by atoms with Crippen molar-refractivity contribution in [2.75, 3.05) is 31.6 Å². The second kappa shape index (κ2) is 8.01. The van der Waals surface area contributed by atoms with Crippen LogP contribution in [0.4, 0.5) is 5.00 Å². The van der Waals surface area contributed by atoms with E-state index in [4.69, 9.17) is 9.47 Å². The summed E-state index contributed by atoms with van der Waals surface area (Å²) in [6.45, 7) is 10.5. The molecule has 0 bridgehead atoms. The minimum Gasteiger partial charge on any atom is -0.490 e. The van der Waals surface area contributed by atoms with Crippen LogP contribution in [0.2, 0.25) is 0 Å². The highest BCUT2D eigenvalue weighted by atomic mass is 32.1. The van der Waals surface area contributed by atoms with E-state index in [2.05, 4.69) is 17.6 Å². The van der Waals surface area contributed by atoms with Crippen LogP contribution in [-0.4, -0.2) is 32.2 Å². The van der Waals surface area contributed by atoms with Gasteiger partial charge in [-0.15, -0.1) is 11.3 Å². The first kappa shape index (κ1) is 19.1. The number of carbonyl (C=O) groups is 1. The van der Waals surface area contributed by atoms with E-state index in [0.717, 1.165) is 47.9 Å². The number of likely N-dealkylation sites (N-methyl/N-ethyl adjacent to an activating group) is 1. The van der Waals surface area contributed by atoms with Crippen LogP contribution in [0, 0.1) is 0 Å². The third kappa shape index (κ3) is 3.44. The smallest absolute Gasteiger partial charge is 0.256 e. The molecule has 0 saturated heterocycles. The predicted octanol–water partition coefficient (Wildman–Crippen LogP) is 2.36. The van der Waals surface area contributed by atoms with Crippen LogP contribution in [0.3, 0.4) is 0 Å². The Bertz CT molecular complexity index is 880. The minimum absolute atomic E-state index is 0.0167. The zero-order valence-corrected chi connectivity index (χ0v) is 17.5. The lowest BCUT2D eigenvalue weighted by Gasteiger charge is -2.27. The van der Waals surface area contributed by atoms with Crippen LogP contribution in [0.5, 0.6) is 11.5 Å². The van der Waals surface area contributed by atoms with Gasteiger partial charge in [0.2, 0.25) is 0 Å². The lowest BCUT2D eigenvalue weighted by atomic mass is 10.0. The van der Waals surface area contributed by atoms with Gasteiger partial charge in [0.25, 0.3) is 5.91 Å². The number of thiophene rings is 1. The van der Waals surface area contributed by atoms with E-state index in [0.29, 0.717) is 19.0 Å². The van der Waals surface area contributed by atoms with Crippen LogP contribution >= 0.6 is 11.3 Å². The molecule has 1 aromatic heterocycles. The summed E-state index contributed by atoms with van der Waals surface area (Å²) in [6.07, 6.45) is 0.700. The van der Waals surface area contributed by atoms with E-state index in [1.54, 1.807) is 16.2 Å². The number of hydrogen-bond donors (Lipinski definition) is 3. The zero-order chi connectivity index (χ0) is 19.7. The monoisotopic (exact) mass is 402 g/mol. The molecule has 1 unspecified atom stereocenters. The van der Waals surface area contributed by atoms with Gasteiger partial charge in [-0.25, -0.2) is 0 Å². The lowest BCUT2D eigenvalue weighted by molar-refractivity contribution is -0.913. The van der Waals surface area contributed by atoms with Crippen molar-refractivity contribution >= 4 is 22.2 Å². The van der Waals surface area contributed by atoms with Gasteiger partial charge >= 0.3 is 0 Å². The van der Waals surface area contributed by atoms with E-state index in [-0.39, 0.29) is 12.1 Å². The second-order valence-electron chi connectivity index (χ2n) is 7.11. The van der Waals surface area contributed by atoms with E-state index >= 15 is 0 Å². The Balaban J connectivity index is 1.62. The number of benzene rings is 1. The average molecular weight is 403 g/mol. The fourth-order valence-corrected chi connectivity index (χ4v) is 5.31. The van der Waals surface area contributed by atoms with Gasteiger partial charge in [0.05, 0.1) is 36.7 Å². The summed E-state index contributed by atoms with van der Waals surface area (Å²) in [6, 6.07) is 5.84. The predicted molar refractivity (Wildman–Crippen MR) is 111 cm³/mol.